The number of rotatable bonds is 3. The second-order valence-corrected chi connectivity index (χ2v) is 5.38. The van der Waals surface area contributed by atoms with Gasteiger partial charge in [0.15, 0.2) is 0 Å². The van der Waals surface area contributed by atoms with Gasteiger partial charge in [0.25, 0.3) is 0 Å². The lowest BCUT2D eigenvalue weighted by Crippen LogP contribution is -1.98. The first kappa shape index (κ1) is 12.7. The number of anilines is 3. The average molecular weight is 310 g/mol. The summed E-state index contributed by atoms with van der Waals surface area (Å²) in [5.41, 5.74) is 11.2. The van der Waals surface area contributed by atoms with E-state index in [4.69, 9.17) is 5.73 Å². The van der Waals surface area contributed by atoms with Crippen LogP contribution in [0.25, 0.3) is 22.2 Å². The first-order valence-electron chi connectivity index (χ1n) is 6.38. The normalized spacial score (nSPS) is 10.9. The van der Waals surface area contributed by atoms with Crippen LogP contribution in [0.2, 0.25) is 0 Å². The molecule has 0 bridgehead atoms. The molecule has 0 amide bonds. The number of H-pyrrole nitrogens is 1. The molecule has 4 heterocycles. The minimum atomic E-state index is 0.568. The number of aromatic nitrogens is 6. The Balaban J connectivity index is 1.92. The molecule has 0 aromatic carbocycles. The number of hydrogen-bond acceptors (Lipinski definition) is 8. The van der Waals surface area contributed by atoms with E-state index in [9.17, 15) is 0 Å². The van der Waals surface area contributed by atoms with E-state index >= 15 is 0 Å². The zero-order valence-electron chi connectivity index (χ0n) is 11.2. The molecule has 8 nitrogen and oxygen atoms in total. The summed E-state index contributed by atoms with van der Waals surface area (Å²) in [6.45, 7) is 0. The number of nitrogens with zero attached hydrogens (tertiary/aromatic N) is 5. The molecule has 22 heavy (non-hydrogen) atoms. The fraction of sp³-hybridized carbons (Fsp3) is 0. The highest BCUT2D eigenvalue weighted by atomic mass is 32.1. The smallest absolute Gasteiger partial charge is 0.211 e. The Morgan fingerprint density at radius 3 is 2.91 bits per heavy atom. The standard InChI is InChI=1S/C13H10N8S/c14-8-1-11-10(15-5-8)2-9(7-3-16-17-4-7)12(19-11)20-13-21-18-6-22-13/h1-6H,14H2,(H,16,17)(H,19,20,21). The molecule has 4 rings (SSSR count). The summed E-state index contributed by atoms with van der Waals surface area (Å²) < 4.78 is 0. The van der Waals surface area contributed by atoms with E-state index in [0.717, 1.165) is 16.6 Å². The van der Waals surface area contributed by atoms with Gasteiger partial charge in [-0.25, -0.2) is 4.98 Å². The van der Waals surface area contributed by atoms with E-state index in [1.54, 1.807) is 30.2 Å². The van der Waals surface area contributed by atoms with Gasteiger partial charge in [-0.2, -0.15) is 5.10 Å². The van der Waals surface area contributed by atoms with Gasteiger partial charge in [0, 0.05) is 17.3 Å². The largest absolute Gasteiger partial charge is 0.397 e. The SMILES string of the molecule is Nc1cnc2cc(-c3cn[nH]c3)c(Nc3nncs3)nc2c1. The predicted octanol–water partition coefficient (Wildman–Crippen LogP) is 2.20. The van der Waals surface area contributed by atoms with Crippen LogP contribution in [0.4, 0.5) is 16.6 Å². The molecule has 0 aliphatic carbocycles. The van der Waals surface area contributed by atoms with Crippen molar-refractivity contribution >= 4 is 39.0 Å². The van der Waals surface area contributed by atoms with Crippen molar-refractivity contribution in [1.29, 1.82) is 0 Å². The van der Waals surface area contributed by atoms with Crippen molar-refractivity contribution in [1.82, 2.24) is 30.4 Å². The minimum absolute atomic E-state index is 0.568. The van der Waals surface area contributed by atoms with E-state index in [1.807, 2.05) is 6.07 Å². The second kappa shape index (κ2) is 5.04. The summed E-state index contributed by atoms with van der Waals surface area (Å²) >= 11 is 1.40. The maximum absolute atomic E-state index is 5.78. The van der Waals surface area contributed by atoms with Crippen LogP contribution in [0.5, 0.6) is 0 Å². The molecule has 0 spiro atoms. The molecule has 0 aliphatic rings. The summed E-state index contributed by atoms with van der Waals surface area (Å²) in [5.74, 6) is 0.651. The van der Waals surface area contributed by atoms with Gasteiger partial charge >= 0.3 is 0 Å². The molecule has 0 saturated heterocycles. The quantitative estimate of drug-likeness (QED) is 0.530. The minimum Gasteiger partial charge on any atom is -0.397 e. The number of nitrogen functional groups attached to an aromatic ring is 1. The number of nitrogens with one attached hydrogen (secondary N) is 2. The van der Waals surface area contributed by atoms with Gasteiger partial charge in [-0.15, -0.1) is 10.2 Å². The number of hydrogen-bond donors (Lipinski definition) is 3. The van der Waals surface area contributed by atoms with E-state index in [1.165, 1.54) is 11.3 Å². The summed E-state index contributed by atoms with van der Waals surface area (Å²) in [4.78, 5) is 8.93. The molecule has 4 aromatic rings. The van der Waals surface area contributed by atoms with Crippen molar-refractivity contribution in [2.24, 2.45) is 0 Å². The van der Waals surface area contributed by atoms with Gasteiger partial charge in [-0.3, -0.25) is 10.1 Å². The van der Waals surface area contributed by atoms with Gasteiger partial charge < -0.3 is 11.1 Å². The molecule has 0 unspecified atom stereocenters. The van der Waals surface area contributed by atoms with Crippen LogP contribution < -0.4 is 11.1 Å². The molecule has 0 saturated carbocycles. The van der Waals surface area contributed by atoms with Crippen molar-refractivity contribution in [2.45, 2.75) is 0 Å². The van der Waals surface area contributed by atoms with Crippen LogP contribution in [0.15, 0.2) is 36.2 Å². The summed E-state index contributed by atoms with van der Waals surface area (Å²) in [6.07, 6.45) is 5.14. The maximum atomic E-state index is 5.78. The van der Waals surface area contributed by atoms with Crippen molar-refractivity contribution in [3.8, 4) is 11.1 Å². The van der Waals surface area contributed by atoms with E-state index in [0.29, 0.717) is 22.2 Å². The first-order valence-corrected chi connectivity index (χ1v) is 7.26. The second-order valence-electron chi connectivity index (χ2n) is 4.55. The van der Waals surface area contributed by atoms with Crippen molar-refractivity contribution < 1.29 is 0 Å². The topological polar surface area (TPSA) is 118 Å². The first-order chi connectivity index (χ1) is 10.8. The number of pyridine rings is 2. The molecular formula is C13H10N8S. The summed E-state index contributed by atoms with van der Waals surface area (Å²) in [6, 6.07) is 3.72. The molecule has 0 radical (unpaired) electrons. The fourth-order valence-electron chi connectivity index (χ4n) is 2.11. The summed E-state index contributed by atoms with van der Waals surface area (Å²) in [7, 11) is 0. The van der Waals surface area contributed by atoms with Crippen LogP contribution >= 0.6 is 11.3 Å². The van der Waals surface area contributed by atoms with Gasteiger partial charge in [0.1, 0.15) is 11.3 Å². The average Bonchev–Trinajstić information content (AvgIpc) is 3.19. The fourth-order valence-corrected chi connectivity index (χ4v) is 2.55. The Hall–Kier alpha value is -3.07. The van der Waals surface area contributed by atoms with E-state index in [-0.39, 0.29) is 0 Å². The Kier molecular flexibility index (Phi) is 2.90. The van der Waals surface area contributed by atoms with Crippen LogP contribution in [0.1, 0.15) is 0 Å². The number of fused-ring (bicyclic) bond motifs is 1. The Labute approximate surface area is 128 Å². The van der Waals surface area contributed by atoms with Crippen LogP contribution in [0.3, 0.4) is 0 Å². The summed E-state index contributed by atoms with van der Waals surface area (Å²) in [5, 5.41) is 18.4. The number of aromatic amines is 1. The maximum Gasteiger partial charge on any atom is 0.211 e. The molecule has 4 aromatic heterocycles. The molecule has 9 heteroatoms. The van der Waals surface area contributed by atoms with Crippen LogP contribution in [0, 0.1) is 0 Å². The van der Waals surface area contributed by atoms with Gasteiger partial charge in [0.05, 0.1) is 29.1 Å². The zero-order chi connectivity index (χ0) is 14.9. The molecule has 0 atom stereocenters. The van der Waals surface area contributed by atoms with Gasteiger partial charge in [-0.1, -0.05) is 11.3 Å². The monoisotopic (exact) mass is 310 g/mol. The highest BCUT2D eigenvalue weighted by molar-refractivity contribution is 7.13. The Morgan fingerprint density at radius 1 is 1.18 bits per heavy atom. The van der Waals surface area contributed by atoms with E-state index in [2.05, 4.69) is 35.7 Å². The van der Waals surface area contributed by atoms with E-state index < -0.39 is 0 Å². The van der Waals surface area contributed by atoms with Crippen LogP contribution in [-0.2, 0) is 0 Å². The Bertz CT molecular complexity index is 917. The third-order valence-corrected chi connectivity index (χ3v) is 3.69. The molecule has 0 aliphatic heterocycles. The predicted molar refractivity (Wildman–Crippen MR) is 84.7 cm³/mol. The molecular weight excluding hydrogens is 300 g/mol. The Morgan fingerprint density at radius 2 is 2.14 bits per heavy atom. The molecule has 108 valence electrons. The lowest BCUT2D eigenvalue weighted by atomic mass is 10.1. The zero-order valence-corrected chi connectivity index (χ0v) is 12.0. The molecule has 0 fully saturated rings. The van der Waals surface area contributed by atoms with Crippen molar-refractivity contribution in [3.05, 3.63) is 36.2 Å². The third-order valence-electron chi connectivity index (χ3n) is 3.08. The van der Waals surface area contributed by atoms with Gasteiger partial charge in [0.2, 0.25) is 5.13 Å². The molecule has 4 N–H and O–H groups in total. The highest BCUT2D eigenvalue weighted by Crippen LogP contribution is 2.31. The van der Waals surface area contributed by atoms with Crippen LogP contribution in [-0.4, -0.2) is 30.4 Å². The lowest BCUT2D eigenvalue weighted by Gasteiger charge is -2.09. The van der Waals surface area contributed by atoms with Crippen molar-refractivity contribution in [2.75, 3.05) is 11.1 Å². The third kappa shape index (κ3) is 2.23. The number of nitrogens with two attached hydrogens (primary N) is 1. The van der Waals surface area contributed by atoms with Gasteiger partial charge in [-0.05, 0) is 12.1 Å². The van der Waals surface area contributed by atoms with Crippen molar-refractivity contribution in [3.63, 3.8) is 0 Å². The lowest BCUT2D eigenvalue weighted by molar-refractivity contribution is 1.09. The highest BCUT2D eigenvalue weighted by Gasteiger charge is 2.12.